The predicted molar refractivity (Wildman–Crippen MR) is 145 cm³/mol. The fraction of sp³-hybridized carbons (Fsp3) is 0.600. The lowest BCUT2D eigenvalue weighted by Crippen LogP contribution is -2.43. The molecule has 5 atom stereocenters. The summed E-state index contributed by atoms with van der Waals surface area (Å²) in [5, 5.41) is 5.84. The third-order valence-electron chi connectivity index (χ3n) is 9.40. The highest BCUT2D eigenvalue weighted by Gasteiger charge is 2.56. The van der Waals surface area contributed by atoms with Crippen LogP contribution in [0.4, 0.5) is 4.79 Å². The zero-order valence-corrected chi connectivity index (χ0v) is 22.3. The summed E-state index contributed by atoms with van der Waals surface area (Å²) in [6.45, 7) is 6.99. The zero-order valence-electron chi connectivity index (χ0n) is 21.4. The molecule has 188 valence electrons. The van der Waals surface area contributed by atoms with Crippen molar-refractivity contribution in [3.8, 4) is 0 Å². The first-order valence-corrected chi connectivity index (χ1v) is 14.1. The van der Waals surface area contributed by atoms with Gasteiger partial charge in [0.2, 0.25) is 0 Å². The van der Waals surface area contributed by atoms with E-state index in [0.29, 0.717) is 41.9 Å². The molecule has 2 N–H and O–H groups in total. The second-order valence-corrected chi connectivity index (χ2v) is 12.1. The van der Waals surface area contributed by atoms with E-state index in [1.807, 2.05) is 19.9 Å². The molecule has 2 fully saturated rings. The van der Waals surface area contributed by atoms with Gasteiger partial charge in [0, 0.05) is 24.9 Å². The Morgan fingerprint density at radius 2 is 1.89 bits per heavy atom. The van der Waals surface area contributed by atoms with E-state index >= 15 is 0 Å². The van der Waals surface area contributed by atoms with Gasteiger partial charge >= 0.3 is 6.03 Å². The maximum atomic E-state index is 12.2. The van der Waals surface area contributed by atoms with Crippen LogP contribution in [0.2, 0.25) is 0 Å². The fourth-order valence-electron chi connectivity index (χ4n) is 7.72. The molecule has 4 nitrogen and oxygen atoms in total. The molecule has 4 aliphatic rings. The topological polar surface area (TPSA) is 58.2 Å². The molecule has 1 aromatic rings. The summed E-state index contributed by atoms with van der Waals surface area (Å²) < 4.78 is 0. The van der Waals surface area contributed by atoms with E-state index in [4.69, 9.17) is 12.6 Å². The van der Waals surface area contributed by atoms with Crippen LogP contribution in [0.3, 0.4) is 0 Å². The molecule has 0 aliphatic heterocycles. The molecule has 0 saturated heterocycles. The summed E-state index contributed by atoms with van der Waals surface area (Å²) >= 11 is 4.78. The number of benzene rings is 1. The molecule has 4 aliphatic carbocycles. The van der Waals surface area contributed by atoms with Gasteiger partial charge in [-0.1, -0.05) is 36.8 Å². The number of nitrogens with one attached hydrogen (secondary N) is 2. The van der Waals surface area contributed by atoms with Crippen molar-refractivity contribution in [2.75, 3.05) is 5.75 Å². The number of allylic oxidation sites excluding steroid dienone is 4. The van der Waals surface area contributed by atoms with Crippen LogP contribution in [-0.2, 0) is 11.3 Å². The van der Waals surface area contributed by atoms with Gasteiger partial charge in [0.25, 0.3) is 0 Å². The highest BCUT2D eigenvalue weighted by atomic mass is 32.1. The molecular weight excluding hydrogens is 452 g/mol. The van der Waals surface area contributed by atoms with Crippen molar-refractivity contribution in [3.05, 3.63) is 58.2 Å². The Morgan fingerprint density at radius 1 is 1.11 bits per heavy atom. The van der Waals surface area contributed by atoms with E-state index in [1.54, 1.807) is 5.57 Å². The van der Waals surface area contributed by atoms with Crippen molar-refractivity contribution < 1.29 is 9.59 Å². The van der Waals surface area contributed by atoms with Crippen molar-refractivity contribution in [3.63, 3.8) is 0 Å². The number of fused-ring (bicyclic) bond motifs is 4. The number of hydrogen-bond acceptors (Lipinski definition) is 3. The van der Waals surface area contributed by atoms with Crippen LogP contribution in [0.15, 0.2) is 47.1 Å². The minimum Gasteiger partial charge on any atom is -0.336 e. The first-order valence-electron chi connectivity index (χ1n) is 13.5. The maximum Gasteiger partial charge on any atom is 0.315 e. The minimum atomic E-state index is -0.127. The Morgan fingerprint density at radius 3 is 2.60 bits per heavy atom. The summed E-state index contributed by atoms with van der Waals surface area (Å²) in [5.41, 5.74) is 7.31. The summed E-state index contributed by atoms with van der Waals surface area (Å²) in [6.07, 6.45) is 9.55. The molecule has 0 radical (unpaired) electrons. The Hall–Kier alpha value is -2.01. The molecule has 0 spiro atoms. The Bertz CT molecular complexity index is 1060. The highest BCUT2D eigenvalue weighted by Crippen LogP contribution is 2.65. The van der Waals surface area contributed by atoms with Gasteiger partial charge in [-0.25, -0.2) is 4.79 Å². The lowest BCUT2D eigenvalue weighted by Gasteiger charge is -2.52. The molecule has 1 aromatic carbocycles. The summed E-state index contributed by atoms with van der Waals surface area (Å²) in [5.74, 6) is 3.72. The quantitative estimate of drug-likeness (QED) is 0.420. The second kappa shape index (κ2) is 9.80. The lowest BCUT2D eigenvalue weighted by atomic mass is 9.52. The molecular formula is C30H40N2O2S. The first kappa shape index (κ1) is 24.7. The summed E-state index contributed by atoms with van der Waals surface area (Å²) in [6, 6.07) is 8.91. The van der Waals surface area contributed by atoms with E-state index in [0.717, 1.165) is 30.1 Å². The average molecular weight is 493 g/mol. The van der Waals surface area contributed by atoms with Crippen molar-refractivity contribution >= 4 is 24.4 Å². The molecule has 35 heavy (non-hydrogen) atoms. The maximum absolute atomic E-state index is 12.2. The highest BCUT2D eigenvalue weighted by molar-refractivity contribution is 7.80. The largest absolute Gasteiger partial charge is 0.336 e. The number of carbonyl (C=O) groups excluding carboxylic acids is 2. The molecule has 2 saturated carbocycles. The molecule has 5 heteroatoms. The third-order valence-corrected chi connectivity index (χ3v) is 9.84. The standard InChI is InChI=1S/C30H40N2O2S/c1-18(2)32-29(34)31-16-19-4-6-20(7-5-19)26-15-30(3)22(17-35)9-13-27(30)25-11-8-21-14-23(33)10-12-24(21)28(25)26/h4-7,14,18,22,25-27,35H,8-13,15-17H2,1-3H3,(H2,31,32,34). The van der Waals surface area contributed by atoms with Crippen LogP contribution < -0.4 is 10.6 Å². The lowest BCUT2D eigenvalue weighted by molar-refractivity contribution is -0.114. The number of urea groups is 1. The first-order chi connectivity index (χ1) is 16.8. The number of thiol groups is 1. The molecule has 0 aromatic heterocycles. The SMILES string of the molecule is CC(C)NC(=O)NCc1ccc(C2CC3(C)C(CS)CCC3C3CCC4=CC(=O)CCC4=C23)cc1. The van der Waals surface area contributed by atoms with Gasteiger partial charge in [-0.2, -0.15) is 12.6 Å². The van der Waals surface area contributed by atoms with E-state index < -0.39 is 0 Å². The van der Waals surface area contributed by atoms with Gasteiger partial charge in [-0.3, -0.25) is 4.79 Å². The molecule has 0 bridgehead atoms. The van der Waals surface area contributed by atoms with Gasteiger partial charge in [-0.15, -0.1) is 0 Å². The van der Waals surface area contributed by atoms with E-state index in [9.17, 15) is 9.59 Å². The van der Waals surface area contributed by atoms with Crippen molar-refractivity contribution in [2.24, 2.45) is 23.2 Å². The van der Waals surface area contributed by atoms with Crippen molar-refractivity contribution in [2.45, 2.75) is 84.2 Å². The van der Waals surface area contributed by atoms with Gasteiger partial charge in [0.05, 0.1) is 0 Å². The van der Waals surface area contributed by atoms with Gasteiger partial charge < -0.3 is 10.6 Å². The number of ketones is 1. The van der Waals surface area contributed by atoms with Crippen LogP contribution in [-0.4, -0.2) is 23.6 Å². The predicted octanol–water partition coefficient (Wildman–Crippen LogP) is 6.34. The Balaban J connectivity index is 1.47. The Kier molecular flexibility index (Phi) is 6.91. The number of carbonyl (C=O) groups is 2. The van der Waals surface area contributed by atoms with E-state index in [2.05, 4.69) is 41.8 Å². The molecule has 2 amide bonds. The number of amides is 2. The van der Waals surface area contributed by atoms with Gasteiger partial charge in [-0.05, 0) is 110 Å². The number of hydrogen-bond donors (Lipinski definition) is 3. The molecule has 0 heterocycles. The molecule has 5 unspecified atom stereocenters. The summed E-state index contributed by atoms with van der Waals surface area (Å²) in [4.78, 5) is 24.2. The van der Waals surface area contributed by atoms with Crippen LogP contribution in [0.5, 0.6) is 0 Å². The zero-order chi connectivity index (χ0) is 24.7. The van der Waals surface area contributed by atoms with E-state index in [1.165, 1.54) is 42.4 Å². The van der Waals surface area contributed by atoms with Crippen LogP contribution in [0, 0.1) is 23.2 Å². The number of rotatable bonds is 5. The third kappa shape index (κ3) is 4.61. The van der Waals surface area contributed by atoms with Crippen LogP contribution >= 0.6 is 12.6 Å². The normalized spacial score (nSPS) is 32.0. The van der Waals surface area contributed by atoms with Crippen molar-refractivity contribution in [1.29, 1.82) is 0 Å². The molecule has 5 rings (SSSR count). The average Bonchev–Trinajstić information content (AvgIpc) is 3.17. The van der Waals surface area contributed by atoms with Crippen LogP contribution in [0.1, 0.15) is 82.8 Å². The second-order valence-electron chi connectivity index (χ2n) is 11.8. The smallest absolute Gasteiger partial charge is 0.315 e. The minimum absolute atomic E-state index is 0.123. The van der Waals surface area contributed by atoms with Gasteiger partial charge in [0.1, 0.15) is 0 Å². The summed E-state index contributed by atoms with van der Waals surface area (Å²) in [7, 11) is 0. The van der Waals surface area contributed by atoms with Gasteiger partial charge in [0.15, 0.2) is 5.78 Å². The Labute approximate surface area is 215 Å². The van der Waals surface area contributed by atoms with Crippen molar-refractivity contribution in [1.82, 2.24) is 10.6 Å². The van der Waals surface area contributed by atoms with Crippen LogP contribution in [0.25, 0.3) is 0 Å². The monoisotopic (exact) mass is 492 g/mol. The fourth-order valence-corrected chi connectivity index (χ4v) is 8.32. The van der Waals surface area contributed by atoms with E-state index in [-0.39, 0.29) is 12.1 Å².